The standard InChI is InChI=1S/C10H21NO/c1-10(12)7-5-4-6-9(10)8-11(2)3/h9,12H,4-8H2,1-3H3/t9-,10-/m0/s1. The Morgan fingerprint density at radius 1 is 1.42 bits per heavy atom. The van der Waals surface area contributed by atoms with Gasteiger partial charge in [0.15, 0.2) is 0 Å². The Balaban J connectivity index is 2.48. The van der Waals surface area contributed by atoms with Crippen LogP contribution >= 0.6 is 0 Å². The minimum absolute atomic E-state index is 0.414. The number of rotatable bonds is 2. The highest BCUT2D eigenvalue weighted by molar-refractivity contribution is 4.86. The van der Waals surface area contributed by atoms with Crippen LogP contribution in [0.25, 0.3) is 0 Å². The normalized spacial score (nSPS) is 37.2. The van der Waals surface area contributed by atoms with Gasteiger partial charge in [0.25, 0.3) is 0 Å². The lowest BCUT2D eigenvalue weighted by Gasteiger charge is -2.38. The molecule has 0 saturated heterocycles. The van der Waals surface area contributed by atoms with Gasteiger partial charge < -0.3 is 10.0 Å². The summed E-state index contributed by atoms with van der Waals surface area (Å²) >= 11 is 0. The first-order chi connectivity index (χ1) is 5.52. The maximum Gasteiger partial charge on any atom is 0.0660 e. The minimum Gasteiger partial charge on any atom is -0.390 e. The summed E-state index contributed by atoms with van der Waals surface area (Å²) in [7, 11) is 4.15. The van der Waals surface area contributed by atoms with E-state index >= 15 is 0 Å². The molecule has 0 unspecified atom stereocenters. The van der Waals surface area contributed by atoms with Crippen LogP contribution in [-0.2, 0) is 0 Å². The lowest BCUT2D eigenvalue weighted by atomic mass is 9.76. The lowest BCUT2D eigenvalue weighted by Crippen LogP contribution is -2.42. The number of hydrogen-bond donors (Lipinski definition) is 1. The summed E-state index contributed by atoms with van der Waals surface area (Å²) in [5.41, 5.74) is -0.414. The molecule has 1 aliphatic carbocycles. The van der Waals surface area contributed by atoms with Crippen LogP contribution in [-0.4, -0.2) is 36.2 Å². The van der Waals surface area contributed by atoms with E-state index in [0.29, 0.717) is 5.92 Å². The minimum atomic E-state index is -0.414. The molecule has 0 bridgehead atoms. The average molecular weight is 171 g/mol. The third kappa shape index (κ3) is 2.46. The number of hydrogen-bond acceptors (Lipinski definition) is 2. The van der Waals surface area contributed by atoms with Gasteiger partial charge in [-0.3, -0.25) is 0 Å². The van der Waals surface area contributed by atoms with E-state index in [1.165, 1.54) is 19.3 Å². The fraction of sp³-hybridized carbons (Fsp3) is 1.00. The van der Waals surface area contributed by atoms with Crippen molar-refractivity contribution in [2.75, 3.05) is 20.6 Å². The van der Waals surface area contributed by atoms with Crippen LogP contribution in [0.3, 0.4) is 0 Å². The zero-order chi connectivity index (χ0) is 9.19. The molecule has 0 spiro atoms. The molecule has 1 fully saturated rings. The Kier molecular flexibility index (Phi) is 3.13. The molecule has 1 saturated carbocycles. The molecule has 2 heteroatoms. The summed E-state index contributed by atoms with van der Waals surface area (Å²) in [5.74, 6) is 0.473. The first kappa shape index (κ1) is 10.0. The summed E-state index contributed by atoms with van der Waals surface area (Å²) in [6.07, 6.45) is 4.64. The molecule has 0 radical (unpaired) electrons. The van der Waals surface area contributed by atoms with Gasteiger partial charge in [0.1, 0.15) is 0 Å². The van der Waals surface area contributed by atoms with Crippen LogP contribution in [0.1, 0.15) is 32.6 Å². The SMILES string of the molecule is CN(C)C[C@@H]1CCCC[C@]1(C)O. The highest BCUT2D eigenvalue weighted by Gasteiger charge is 2.34. The molecule has 2 atom stereocenters. The van der Waals surface area contributed by atoms with Crippen molar-refractivity contribution in [2.45, 2.75) is 38.2 Å². The topological polar surface area (TPSA) is 23.5 Å². The van der Waals surface area contributed by atoms with Gasteiger partial charge >= 0.3 is 0 Å². The molecule has 0 aromatic rings. The molecule has 0 aromatic heterocycles. The van der Waals surface area contributed by atoms with Crippen molar-refractivity contribution in [1.29, 1.82) is 0 Å². The van der Waals surface area contributed by atoms with Crippen LogP contribution in [0.15, 0.2) is 0 Å². The van der Waals surface area contributed by atoms with E-state index in [1.54, 1.807) is 0 Å². The van der Waals surface area contributed by atoms with Gasteiger partial charge in [0, 0.05) is 12.5 Å². The smallest absolute Gasteiger partial charge is 0.0660 e. The maximum absolute atomic E-state index is 10.1. The molecular formula is C10H21NO. The Morgan fingerprint density at radius 2 is 2.08 bits per heavy atom. The Bertz CT molecular complexity index is 143. The predicted molar refractivity (Wildman–Crippen MR) is 51.1 cm³/mol. The summed E-state index contributed by atoms with van der Waals surface area (Å²) in [4.78, 5) is 2.17. The van der Waals surface area contributed by atoms with Crippen molar-refractivity contribution in [2.24, 2.45) is 5.92 Å². The average Bonchev–Trinajstić information content (AvgIpc) is 1.92. The second kappa shape index (κ2) is 3.75. The quantitative estimate of drug-likeness (QED) is 0.680. The first-order valence-electron chi connectivity index (χ1n) is 4.89. The maximum atomic E-state index is 10.1. The van der Waals surface area contributed by atoms with E-state index < -0.39 is 5.60 Å². The van der Waals surface area contributed by atoms with Crippen molar-refractivity contribution in [1.82, 2.24) is 4.90 Å². The molecule has 12 heavy (non-hydrogen) atoms. The monoisotopic (exact) mass is 171 g/mol. The molecule has 0 aliphatic heterocycles. The van der Waals surface area contributed by atoms with Gasteiger partial charge in [0.05, 0.1) is 5.60 Å². The van der Waals surface area contributed by atoms with Crippen LogP contribution in [0.2, 0.25) is 0 Å². The lowest BCUT2D eigenvalue weighted by molar-refractivity contribution is -0.0398. The molecule has 72 valence electrons. The van der Waals surface area contributed by atoms with E-state index in [2.05, 4.69) is 19.0 Å². The van der Waals surface area contributed by atoms with Crippen molar-refractivity contribution in [3.8, 4) is 0 Å². The van der Waals surface area contributed by atoms with Crippen LogP contribution in [0, 0.1) is 5.92 Å². The molecule has 0 aromatic carbocycles. The van der Waals surface area contributed by atoms with Crippen molar-refractivity contribution in [3.63, 3.8) is 0 Å². The Labute approximate surface area is 75.6 Å². The van der Waals surface area contributed by atoms with Gasteiger partial charge in [-0.25, -0.2) is 0 Å². The van der Waals surface area contributed by atoms with Crippen molar-refractivity contribution in [3.05, 3.63) is 0 Å². The number of nitrogens with zero attached hydrogens (tertiary/aromatic N) is 1. The van der Waals surface area contributed by atoms with E-state index in [1.807, 2.05) is 6.92 Å². The zero-order valence-electron chi connectivity index (χ0n) is 8.51. The molecule has 1 aliphatic rings. The highest BCUT2D eigenvalue weighted by atomic mass is 16.3. The predicted octanol–water partition coefficient (Wildman–Crippen LogP) is 1.49. The van der Waals surface area contributed by atoms with Crippen molar-refractivity contribution >= 4 is 0 Å². The Morgan fingerprint density at radius 3 is 2.58 bits per heavy atom. The largest absolute Gasteiger partial charge is 0.390 e. The van der Waals surface area contributed by atoms with Gasteiger partial charge in [-0.2, -0.15) is 0 Å². The van der Waals surface area contributed by atoms with Crippen LogP contribution in [0.5, 0.6) is 0 Å². The van der Waals surface area contributed by atoms with Crippen LogP contribution in [0.4, 0.5) is 0 Å². The van der Waals surface area contributed by atoms with Crippen LogP contribution < -0.4 is 0 Å². The summed E-state index contributed by atoms with van der Waals surface area (Å²) < 4.78 is 0. The fourth-order valence-electron chi connectivity index (χ4n) is 2.12. The second-order valence-electron chi connectivity index (χ2n) is 4.56. The van der Waals surface area contributed by atoms with E-state index in [4.69, 9.17) is 0 Å². The van der Waals surface area contributed by atoms with Gasteiger partial charge in [-0.15, -0.1) is 0 Å². The van der Waals surface area contributed by atoms with Crippen molar-refractivity contribution < 1.29 is 5.11 Å². The summed E-state index contributed by atoms with van der Waals surface area (Å²) in [6.45, 7) is 3.01. The zero-order valence-corrected chi connectivity index (χ0v) is 8.51. The third-order valence-corrected chi connectivity index (χ3v) is 2.95. The summed E-state index contributed by atoms with van der Waals surface area (Å²) in [6, 6.07) is 0. The molecule has 0 heterocycles. The molecule has 1 N–H and O–H groups in total. The number of aliphatic hydroxyl groups is 1. The molecule has 1 rings (SSSR count). The van der Waals surface area contributed by atoms with E-state index in [0.717, 1.165) is 13.0 Å². The first-order valence-corrected chi connectivity index (χ1v) is 4.89. The second-order valence-corrected chi connectivity index (χ2v) is 4.56. The highest BCUT2D eigenvalue weighted by Crippen LogP contribution is 2.33. The van der Waals surface area contributed by atoms with E-state index in [9.17, 15) is 5.11 Å². The van der Waals surface area contributed by atoms with Gasteiger partial charge in [-0.05, 0) is 33.9 Å². The Hall–Kier alpha value is -0.0800. The summed E-state index contributed by atoms with van der Waals surface area (Å²) in [5, 5.41) is 10.1. The van der Waals surface area contributed by atoms with E-state index in [-0.39, 0.29) is 0 Å². The molecule has 0 amide bonds. The fourth-order valence-corrected chi connectivity index (χ4v) is 2.12. The van der Waals surface area contributed by atoms with Gasteiger partial charge in [0.2, 0.25) is 0 Å². The molecule has 2 nitrogen and oxygen atoms in total. The third-order valence-electron chi connectivity index (χ3n) is 2.95. The van der Waals surface area contributed by atoms with Gasteiger partial charge in [-0.1, -0.05) is 12.8 Å². The molecular weight excluding hydrogens is 150 g/mol.